The highest BCUT2D eigenvalue weighted by Gasteiger charge is 2.11. The fourth-order valence-electron chi connectivity index (χ4n) is 2.50. The molecule has 6 heteroatoms. The highest BCUT2D eigenvalue weighted by Crippen LogP contribution is 2.15. The summed E-state index contributed by atoms with van der Waals surface area (Å²) in [4.78, 5) is 35.6. The first-order valence-electron chi connectivity index (χ1n) is 8.39. The van der Waals surface area contributed by atoms with Crippen molar-refractivity contribution in [3.05, 3.63) is 78.4 Å². The Morgan fingerprint density at radius 3 is 2.30 bits per heavy atom. The molecule has 0 aliphatic heterocycles. The van der Waals surface area contributed by atoms with Crippen molar-refractivity contribution in [2.75, 3.05) is 18.5 Å². The maximum absolute atomic E-state index is 12.2. The Bertz CT molecular complexity index is 970. The second-order valence-corrected chi connectivity index (χ2v) is 5.82. The van der Waals surface area contributed by atoms with Gasteiger partial charge in [0.1, 0.15) is 6.54 Å². The van der Waals surface area contributed by atoms with Gasteiger partial charge >= 0.3 is 5.97 Å². The summed E-state index contributed by atoms with van der Waals surface area (Å²) in [7, 11) is 0. The summed E-state index contributed by atoms with van der Waals surface area (Å²) in [5.41, 5.74) is 1.06. The van der Waals surface area contributed by atoms with Crippen LogP contribution < -0.4 is 10.6 Å². The largest absolute Gasteiger partial charge is 0.454 e. The van der Waals surface area contributed by atoms with Crippen molar-refractivity contribution in [3.63, 3.8) is 0 Å². The van der Waals surface area contributed by atoms with E-state index >= 15 is 0 Å². The topological polar surface area (TPSA) is 84.5 Å². The first-order chi connectivity index (χ1) is 13.1. The zero-order chi connectivity index (χ0) is 19.1. The molecule has 0 aromatic heterocycles. The van der Waals surface area contributed by atoms with Gasteiger partial charge in [-0.3, -0.25) is 14.4 Å². The van der Waals surface area contributed by atoms with Gasteiger partial charge in [-0.2, -0.15) is 0 Å². The van der Waals surface area contributed by atoms with Crippen LogP contribution in [0.1, 0.15) is 10.4 Å². The molecule has 0 saturated carbocycles. The van der Waals surface area contributed by atoms with E-state index in [1.807, 2.05) is 36.4 Å². The maximum Gasteiger partial charge on any atom is 0.325 e. The number of benzene rings is 3. The molecular formula is C21H18N2O4. The molecule has 0 radical (unpaired) electrons. The van der Waals surface area contributed by atoms with Crippen LogP contribution in [0.15, 0.2) is 72.8 Å². The monoisotopic (exact) mass is 362 g/mol. The summed E-state index contributed by atoms with van der Waals surface area (Å²) < 4.78 is 4.87. The molecular weight excluding hydrogens is 344 g/mol. The fraction of sp³-hybridized carbons (Fsp3) is 0.0952. The number of fused-ring (bicyclic) bond motifs is 1. The van der Waals surface area contributed by atoms with Crippen LogP contribution in [0.25, 0.3) is 10.8 Å². The Hall–Kier alpha value is -3.67. The van der Waals surface area contributed by atoms with Gasteiger partial charge in [0.05, 0.1) is 0 Å². The van der Waals surface area contributed by atoms with Gasteiger partial charge in [0.2, 0.25) is 0 Å². The van der Waals surface area contributed by atoms with Crippen molar-refractivity contribution in [2.45, 2.75) is 0 Å². The van der Waals surface area contributed by atoms with E-state index in [9.17, 15) is 14.4 Å². The lowest BCUT2D eigenvalue weighted by Gasteiger charge is -2.08. The predicted octanol–water partition coefficient (Wildman–Crippen LogP) is 2.75. The van der Waals surface area contributed by atoms with E-state index in [4.69, 9.17) is 4.74 Å². The van der Waals surface area contributed by atoms with Crippen LogP contribution in [-0.2, 0) is 14.3 Å². The van der Waals surface area contributed by atoms with Crippen molar-refractivity contribution in [2.24, 2.45) is 0 Å². The number of hydrogen-bond donors (Lipinski definition) is 2. The van der Waals surface area contributed by atoms with E-state index in [1.165, 1.54) is 0 Å². The Kier molecular flexibility index (Phi) is 5.79. The van der Waals surface area contributed by atoms with Crippen LogP contribution in [-0.4, -0.2) is 30.9 Å². The van der Waals surface area contributed by atoms with Crippen LogP contribution in [0.3, 0.4) is 0 Å². The molecule has 2 amide bonds. The fourth-order valence-corrected chi connectivity index (χ4v) is 2.50. The van der Waals surface area contributed by atoms with E-state index in [2.05, 4.69) is 10.6 Å². The first-order valence-corrected chi connectivity index (χ1v) is 8.39. The van der Waals surface area contributed by atoms with Gasteiger partial charge in [-0.05, 0) is 35.0 Å². The number of hydrogen-bond acceptors (Lipinski definition) is 4. The Morgan fingerprint density at radius 1 is 0.815 bits per heavy atom. The molecule has 6 nitrogen and oxygen atoms in total. The number of anilines is 1. The molecule has 3 aromatic rings. The third-order valence-corrected chi connectivity index (χ3v) is 3.83. The molecule has 27 heavy (non-hydrogen) atoms. The highest BCUT2D eigenvalue weighted by atomic mass is 16.5. The number of nitrogens with one attached hydrogen (secondary N) is 2. The zero-order valence-corrected chi connectivity index (χ0v) is 14.5. The van der Waals surface area contributed by atoms with Crippen LogP contribution in [0.2, 0.25) is 0 Å². The van der Waals surface area contributed by atoms with Gasteiger partial charge < -0.3 is 15.4 Å². The van der Waals surface area contributed by atoms with Gasteiger partial charge in [-0.15, -0.1) is 0 Å². The minimum atomic E-state index is -0.688. The van der Waals surface area contributed by atoms with Crippen molar-refractivity contribution in [1.29, 1.82) is 0 Å². The van der Waals surface area contributed by atoms with E-state index < -0.39 is 18.5 Å². The lowest BCUT2D eigenvalue weighted by Crippen LogP contribution is -2.32. The van der Waals surface area contributed by atoms with Crippen LogP contribution in [0.5, 0.6) is 0 Å². The number of rotatable bonds is 6. The average molecular weight is 362 g/mol. The first kappa shape index (κ1) is 18.1. The van der Waals surface area contributed by atoms with Gasteiger partial charge in [0.25, 0.3) is 11.8 Å². The van der Waals surface area contributed by atoms with Crippen molar-refractivity contribution in [1.82, 2.24) is 5.32 Å². The molecule has 0 aliphatic rings. The molecule has 3 aromatic carbocycles. The molecule has 2 N–H and O–H groups in total. The summed E-state index contributed by atoms with van der Waals surface area (Å²) in [5.74, 6) is -1.52. The molecule has 0 atom stereocenters. The Morgan fingerprint density at radius 2 is 1.52 bits per heavy atom. The molecule has 0 bridgehead atoms. The molecule has 3 rings (SSSR count). The van der Waals surface area contributed by atoms with Crippen molar-refractivity contribution >= 4 is 34.2 Å². The molecule has 0 unspecified atom stereocenters. The Balaban J connectivity index is 1.45. The Labute approximate surface area is 156 Å². The second kappa shape index (κ2) is 8.62. The summed E-state index contributed by atoms with van der Waals surface area (Å²) in [6.07, 6.45) is 0. The molecule has 0 saturated heterocycles. The quantitative estimate of drug-likeness (QED) is 0.661. The standard InChI is InChI=1S/C21H18N2O4/c24-19(23-18-8-2-1-3-9-18)14-27-20(25)13-22-21(26)17-11-10-15-6-4-5-7-16(15)12-17/h1-12H,13-14H2,(H,22,26)(H,23,24). The van der Waals surface area contributed by atoms with Gasteiger partial charge in [0, 0.05) is 11.3 Å². The molecule has 136 valence electrons. The second-order valence-electron chi connectivity index (χ2n) is 5.82. The summed E-state index contributed by atoms with van der Waals surface area (Å²) in [5, 5.41) is 7.05. The number of para-hydroxylation sites is 1. The number of carbonyl (C=O) groups excluding carboxylic acids is 3. The molecule has 0 heterocycles. The van der Waals surface area contributed by atoms with Gasteiger partial charge in [-0.1, -0.05) is 48.5 Å². The lowest BCUT2D eigenvalue weighted by atomic mass is 10.1. The third kappa shape index (κ3) is 5.15. The average Bonchev–Trinajstić information content (AvgIpc) is 2.71. The van der Waals surface area contributed by atoms with E-state index in [0.29, 0.717) is 11.3 Å². The highest BCUT2D eigenvalue weighted by molar-refractivity contribution is 6.00. The summed E-state index contributed by atoms with van der Waals surface area (Å²) in [6.45, 7) is -0.732. The number of esters is 1. The lowest BCUT2D eigenvalue weighted by molar-refractivity contribution is -0.146. The number of carbonyl (C=O) groups is 3. The summed E-state index contributed by atoms with van der Waals surface area (Å²) in [6, 6.07) is 21.8. The number of amides is 2. The van der Waals surface area contributed by atoms with Gasteiger partial charge in [-0.25, -0.2) is 0 Å². The van der Waals surface area contributed by atoms with Gasteiger partial charge in [0.15, 0.2) is 6.61 Å². The van der Waals surface area contributed by atoms with Crippen molar-refractivity contribution < 1.29 is 19.1 Å². The van der Waals surface area contributed by atoms with Crippen LogP contribution in [0, 0.1) is 0 Å². The number of ether oxygens (including phenoxy) is 1. The molecule has 0 fully saturated rings. The third-order valence-electron chi connectivity index (χ3n) is 3.83. The van der Waals surface area contributed by atoms with E-state index in [1.54, 1.807) is 36.4 Å². The predicted molar refractivity (Wildman–Crippen MR) is 102 cm³/mol. The molecule has 0 aliphatic carbocycles. The molecule has 0 spiro atoms. The van der Waals surface area contributed by atoms with E-state index in [-0.39, 0.29) is 12.5 Å². The normalized spacial score (nSPS) is 10.2. The van der Waals surface area contributed by atoms with Crippen molar-refractivity contribution in [3.8, 4) is 0 Å². The smallest absolute Gasteiger partial charge is 0.325 e. The maximum atomic E-state index is 12.2. The SMILES string of the molecule is O=C(COC(=O)CNC(=O)c1ccc2ccccc2c1)Nc1ccccc1. The minimum Gasteiger partial charge on any atom is -0.454 e. The van der Waals surface area contributed by atoms with Crippen LogP contribution in [0.4, 0.5) is 5.69 Å². The van der Waals surface area contributed by atoms with Crippen LogP contribution >= 0.6 is 0 Å². The minimum absolute atomic E-state index is 0.315. The van der Waals surface area contributed by atoms with E-state index in [0.717, 1.165) is 10.8 Å². The summed E-state index contributed by atoms with van der Waals surface area (Å²) >= 11 is 0. The zero-order valence-electron chi connectivity index (χ0n) is 14.5.